The number of benzene rings is 1. The number of aliphatic hydroxyl groups excluding tert-OH is 1. The Morgan fingerprint density at radius 1 is 1.40 bits per heavy atom. The van der Waals surface area contributed by atoms with Crippen molar-refractivity contribution in [2.24, 2.45) is 0 Å². The normalized spacial score (nSPS) is 25.5. The van der Waals surface area contributed by atoms with Gasteiger partial charge in [-0.1, -0.05) is 12.1 Å². The predicted molar refractivity (Wildman–Crippen MR) is 66.7 cm³/mol. The Morgan fingerprint density at radius 3 is 2.67 bits per heavy atom. The lowest BCUT2D eigenvalue weighted by molar-refractivity contribution is 0.301. The maximum atomic E-state index is 9.06. The molecule has 1 heterocycles. The van der Waals surface area contributed by atoms with Gasteiger partial charge in [0.25, 0.3) is 0 Å². The van der Waals surface area contributed by atoms with Gasteiger partial charge in [0.2, 0.25) is 0 Å². The van der Waals surface area contributed by atoms with Gasteiger partial charge in [0.1, 0.15) is 5.75 Å². The van der Waals surface area contributed by atoms with E-state index in [1.807, 2.05) is 35.7 Å². The highest BCUT2D eigenvalue weighted by Gasteiger charge is 2.26. The molecule has 0 aromatic heterocycles. The third-order valence-electron chi connectivity index (χ3n) is 2.34. The molecule has 2 nitrogen and oxygen atoms in total. The van der Waals surface area contributed by atoms with Crippen molar-refractivity contribution in [2.45, 2.75) is 9.83 Å². The van der Waals surface area contributed by atoms with Crippen LogP contribution in [0.15, 0.2) is 24.3 Å². The first-order chi connectivity index (χ1) is 7.33. The molecule has 2 atom stereocenters. The van der Waals surface area contributed by atoms with E-state index in [0.717, 1.165) is 11.5 Å². The minimum Gasteiger partial charge on any atom is -0.497 e. The summed E-state index contributed by atoms with van der Waals surface area (Å²) in [5.41, 5.74) is 1.31. The lowest BCUT2D eigenvalue weighted by Crippen LogP contribution is -2.05. The zero-order chi connectivity index (χ0) is 10.7. The fourth-order valence-corrected chi connectivity index (χ4v) is 4.65. The van der Waals surface area contributed by atoms with Crippen LogP contribution in [0, 0.1) is 0 Å². The van der Waals surface area contributed by atoms with Crippen LogP contribution in [0.3, 0.4) is 0 Å². The molecule has 4 heteroatoms. The Balaban J connectivity index is 2.04. The predicted octanol–water partition coefficient (Wildman–Crippen LogP) is 2.53. The highest BCUT2D eigenvalue weighted by Crippen LogP contribution is 2.49. The van der Waals surface area contributed by atoms with Gasteiger partial charge in [-0.25, -0.2) is 0 Å². The minimum atomic E-state index is 0.282. The van der Waals surface area contributed by atoms with Crippen LogP contribution in [-0.2, 0) is 0 Å². The molecular formula is C11H14O2S2. The van der Waals surface area contributed by atoms with Gasteiger partial charge in [-0.3, -0.25) is 0 Å². The summed E-state index contributed by atoms with van der Waals surface area (Å²) in [4.78, 5) is 0. The molecule has 1 aliphatic rings. The molecule has 1 aromatic rings. The smallest absolute Gasteiger partial charge is 0.118 e. The van der Waals surface area contributed by atoms with Crippen molar-refractivity contribution >= 4 is 23.5 Å². The fraction of sp³-hybridized carbons (Fsp3) is 0.455. The Morgan fingerprint density at radius 2 is 2.13 bits per heavy atom. The zero-order valence-electron chi connectivity index (χ0n) is 8.55. The van der Waals surface area contributed by atoms with Crippen molar-refractivity contribution < 1.29 is 9.84 Å². The molecule has 0 bridgehead atoms. The monoisotopic (exact) mass is 242 g/mol. The molecule has 1 fully saturated rings. The van der Waals surface area contributed by atoms with Gasteiger partial charge in [-0.15, -0.1) is 23.5 Å². The highest BCUT2D eigenvalue weighted by atomic mass is 32.2. The van der Waals surface area contributed by atoms with Crippen molar-refractivity contribution in [1.29, 1.82) is 0 Å². The van der Waals surface area contributed by atoms with Gasteiger partial charge < -0.3 is 9.84 Å². The van der Waals surface area contributed by atoms with E-state index in [4.69, 9.17) is 9.84 Å². The molecule has 0 aliphatic carbocycles. The Kier molecular flexibility index (Phi) is 3.83. The molecule has 1 aromatic carbocycles. The maximum Gasteiger partial charge on any atom is 0.118 e. The van der Waals surface area contributed by atoms with Crippen LogP contribution in [0.25, 0.3) is 0 Å². The average molecular weight is 242 g/mol. The van der Waals surface area contributed by atoms with E-state index < -0.39 is 0 Å². The molecular weight excluding hydrogens is 228 g/mol. The molecule has 2 rings (SSSR count). The molecule has 2 unspecified atom stereocenters. The van der Waals surface area contributed by atoms with Crippen molar-refractivity contribution in [3.8, 4) is 5.75 Å². The fourth-order valence-electron chi connectivity index (χ4n) is 1.48. The lowest BCUT2D eigenvalue weighted by atomic mass is 10.2. The molecule has 0 radical (unpaired) electrons. The standard InChI is InChI=1S/C11H14O2S2/c1-13-9-4-2-8(3-5-9)11-14-7-10(6-12)15-11/h2-5,10-12H,6-7H2,1H3. The van der Waals surface area contributed by atoms with E-state index in [9.17, 15) is 0 Å². The Bertz CT molecular complexity index is 313. The van der Waals surface area contributed by atoms with E-state index in [-0.39, 0.29) is 6.61 Å². The maximum absolute atomic E-state index is 9.06. The summed E-state index contributed by atoms with van der Waals surface area (Å²) in [6.07, 6.45) is 0. The van der Waals surface area contributed by atoms with Crippen LogP contribution < -0.4 is 4.74 Å². The zero-order valence-corrected chi connectivity index (χ0v) is 10.2. The molecule has 1 saturated heterocycles. The Hall–Kier alpha value is -0.320. The summed E-state index contributed by atoms with van der Waals surface area (Å²) in [6.45, 7) is 0.282. The number of hydrogen-bond donors (Lipinski definition) is 1. The van der Waals surface area contributed by atoms with E-state index >= 15 is 0 Å². The second-order valence-electron chi connectivity index (χ2n) is 3.38. The Labute approximate surface area is 98.4 Å². The molecule has 82 valence electrons. The van der Waals surface area contributed by atoms with Crippen LogP contribution in [0.5, 0.6) is 5.75 Å². The molecule has 1 N–H and O–H groups in total. The van der Waals surface area contributed by atoms with Crippen molar-refractivity contribution in [3.63, 3.8) is 0 Å². The first-order valence-electron chi connectivity index (χ1n) is 4.85. The van der Waals surface area contributed by atoms with E-state index in [2.05, 4.69) is 12.1 Å². The quantitative estimate of drug-likeness (QED) is 0.882. The lowest BCUT2D eigenvalue weighted by Gasteiger charge is -2.09. The summed E-state index contributed by atoms with van der Waals surface area (Å²) < 4.78 is 5.59. The molecule has 1 aliphatic heterocycles. The summed E-state index contributed by atoms with van der Waals surface area (Å²) in [5, 5.41) is 9.45. The van der Waals surface area contributed by atoms with Crippen LogP contribution in [-0.4, -0.2) is 29.8 Å². The second kappa shape index (κ2) is 5.14. The van der Waals surface area contributed by atoms with E-state index in [0.29, 0.717) is 9.83 Å². The topological polar surface area (TPSA) is 29.5 Å². The first-order valence-corrected chi connectivity index (χ1v) is 6.84. The summed E-state index contributed by atoms with van der Waals surface area (Å²) in [6, 6.07) is 8.18. The molecule has 0 saturated carbocycles. The minimum absolute atomic E-state index is 0.282. The summed E-state index contributed by atoms with van der Waals surface area (Å²) in [7, 11) is 1.68. The average Bonchev–Trinajstić information content (AvgIpc) is 2.78. The number of rotatable bonds is 3. The van der Waals surface area contributed by atoms with Gasteiger partial charge >= 0.3 is 0 Å². The van der Waals surface area contributed by atoms with Crippen LogP contribution in [0.2, 0.25) is 0 Å². The largest absolute Gasteiger partial charge is 0.497 e. The number of thioether (sulfide) groups is 2. The van der Waals surface area contributed by atoms with Gasteiger partial charge in [-0.05, 0) is 17.7 Å². The van der Waals surface area contributed by atoms with Crippen LogP contribution in [0.1, 0.15) is 10.1 Å². The van der Waals surface area contributed by atoms with Gasteiger partial charge in [0, 0.05) is 11.0 Å². The van der Waals surface area contributed by atoms with Crippen molar-refractivity contribution in [1.82, 2.24) is 0 Å². The third-order valence-corrected chi connectivity index (χ3v) is 5.68. The number of hydrogen-bond acceptors (Lipinski definition) is 4. The van der Waals surface area contributed by atoms with Crippen molar-refractivity contribution in [2.75, 3.05) is 19.5 Å². The summed E-state index contributed by atoms with van der Waals surface area (Å²) in [5.74, 6) is 1.93. The van der Waals surface area contributed by atoms with Crippen LogP contribution >= 0.6 is 23.5 Å². The van der Waals surface area contributed by atoms with Gasteiger partial charge in [-0.2, -0.15) is 0 Å². The SMILES string of the molecule is COc1ccc(C2SCC(CO)S2)cc1. The van der Waals surface area contributed by atoms with Gasteiger partial charge in [0.15, 0.2) is 0 Å². The highest BCUT2D eigenvalue weighted by molar-refractivity contribution is 8.19. The number of ether oxygens (including phenoxy) is 1. The molecule has 15 heavy (non-hydrogen) atoms. The second-order valence-corrected chi connectivity index (χ2v) is 6.23. The molecule has 0 amide bonds. The number of methoxy groups -OCH3 is 1. The van der Waals surface area contributed by atoms with Crippen LogP contribution in [0.4, 0.5) is 0 Å². The van der Waals surface area contributed by atoms with Crippen molar-refractivity contribution in [3.05, 3.63) is 29.8 Å². The molecule has 0 spiro atoms. The number of aliphatic hydroxyl groups is 1. The van der Waals surface area contributed by atoms with E-state index in [1.165, 1.54) is 5.56 Å². The van der Waals surface area contributed by atoms with E-state index in [1.54, 1.807) is 7.11 Å². The van der Waals surface area contributed by atoms with Gasteiger partial charge in [0.05, 0.1) is 18.3 Å². The third kappa shape index (κ3) is 2.62. The first kappa shape index (κ1) is 11.2. The summed E-state index contributed by atoms with van der Waals surface area (Å²) >= 11 is 3.75.